The molecule has 1 N–H and O–H groups in total. The summed E-state index contributed by atoms with van der Waals surface area (Å²) in [6.45, 7) is -0.398. The van der Waals surface area contributed by atoms with Crippen LogP contribution in [0.3, 0.4) is 0 Å². The first-order valence-corrected chi connectivity index (χ1v) is 12.7. The van der Waals surface area contributed by atoms with E-state index in [1.807, 2.05) is 42.5 Å². The van der Waals surface area contributed by atoms with Gasteiger partial charge in [0.05, 0.1) is 16.3 Å². The minimum atomic E-state index is -1.14. The molecule has 0 atom stereocenters. The number of benzene rings is 3. The van der Waals surface area contributed by atoms with Crippen molar-refractivity contribution in [3.63, 3.8) is 0 Å². The molecule has 0 radical (unpaired) electrons. The fourth-order valence-corrected chi connectivity index (χ4v) is 5.07. The summed E-state index contributed by atoms with van der Waals surface area (Å²) in [4.78, 5) is 25.4. The van der Waals surface area contributed by atoms with Gasteiger partial charge in [-0.3, -0.25) is 14.5 Å². The van der Waals surface area contributed by atoms with Crippen LogP contribution in [-0.4, -0.2) is 42.5 Å². The van der Waals surface area contributed by atoms with Gasteiger partial charge in [0.25, 0.3) is 5.91 Å². The number of hydrogen-bond acceptors (Lipinski definition) is 6. The van der Waals surface area contributed by atoms with Gasteiger partial charge in [0.1, 0.15) is 29.0 Å². The molecule has 190 valence electrons. The molecule has 1 saturated heterocycles. The van der Waals surface area contributed by atoms with Gasteiger partial charge in [0.2, 0.25) is 0 Å². The third-order valence-corrected chi connectivity index (χ3v) is 7.07. The molecule has 4 aromatic rings. The lowest BCUT2D eigenvalue weighted by Gasteiger charge is -2.10. The molecule has 5 rings (SSSR count). The average Bonchev–Trinajstić information content (AvgIpc) is 3.45. The second-order valence-corrected chi connectivity index (χ2v) is 9.95. The summed E-state index contributed by atoms with van der Waals surface area (Å²) in [7, 11) is 0. The summed E-state index contributed by atoms with van der Waals surface area (Å²) < 4.78 is 21.6. The zero-order valence-corrected chi connectivity index (χ0v) is 21.4. The number of hydrogen-bond donors (Lipinski definition) is 1. The van der Waals surface area contributed by atoms with Crippen molar-refractivity contribution in [2.24, 2.45) is 0 Å². The molecule has 3 aromatic carbocycles. The van der Waals surface area contributed by atoms with Crippen LogP contribution in [0.25, 0.3) is 23.0 Å². The van der Waals surface area contributed by atoms with Gasteiger partial charge < -0.3 is 9.84 Å². The summed E-state index contributed by atoms with van der Waals surface area (Å²) in [5, 5.41) is 13.9. The number of halogens is 1. The maximum Gasteiger partial charge on any atom is 0.323 e. The van der Waals surface area contributed by atoms with Crippen molar-refractivity contribution >= 4 is 46.3 Å². The number of ether oxygens (including phenoxy) is 1. The first-order chi connectivity index (χ1) is 18.4. The average molecular weight is 546 g/mol. The first kappa shape index (κ1) is 25.4. The molecular formula is C28H20FN3O4S2. The highest BCUT2D eigenvalue weighted by molar-refractivity contribution is 8.26. The van der Waals surface area contributed by atoms with Crippen molar-refractivity contribution in [1.82, 2.24) is 14.7 Å². The van der Waals surface area contributed by atoms with E-state index in [1.54, 1.807) is 47.3 Å². The second kappa shape index (κ2) is 11.0. The summed E-state index contributed by atoms with van der Waals surface area (Å²) in [5.41, 5.74) is 3.32. The van der Waals surface area contributed by atoms with Crippen LogP contribution >= 0.6 is 24.0 Å². The van der Waals surface area contributed by atoms with Gasteiger partial charge in [-0.05, 0) is 48.5 Å². The molecule has 0 bridgehead atoms. The number of carboxylic acid groups (broad SMARTS) is 1. The van der Waals surface area contributed by atoms with E-state index in [0.717, 1.165) is 27.9 Å². The smallest absolute Gasteiger partial charge is 0.323 e. The van der Waals surface area contributed by atoms with Crippen molar-refractivity contribution < 1.29 is 23.8 Å². The van der Waals surface area contributed by atoms with Crippen molar-refractivity contribution in [1.29, 1.82) is 0 Å². The largest absolute Gasteiger partial charge is 0.489 e. The second-order valence-electron chi connectivity index (χ2n) is 8.28. The third kappa shape index (κ3) is 5.51. The number of para-hydroxylation sites is 1. The van der Waals surface area contributed by atoms with E-state index in [-0.39, 0.29) is 16.7 Å². The number of aromatic nitrogens is 2. The maximum atomic E-state index is 13.9. The fourth-order valence-electron chi connectivity index (χ4n) is 3.83. The highest BCUT2D eigenvalue weighted by Gasteiger charge is 2.33. The SMILES string of the molecule is O=C(O)CN1C(=O)/C(=C/c2cn(-c3ccccc3)nc2-c2ccc(OCc3ccccc3F)cc2)SC1=S. The van der Waals surface area contributed by atoms with Crippen LogP contribution in [0.15, 0.2) is 90.0 Å². The normalized spacial score (nSPS) is 14.3. The number of rotatable bonds is 8. The van der Waals surface area contributed by atoms with E-state index >= 15 is 0 Å². The number of carboxylic acids is 1. The van der Waals surface area contributed by atoms with Crippen molar-refractivity contribution in [2.75, 3.05) is 6.54 Å². The number of thioether (sulfide) groups is 1. The summed E-state index contributed by atoms with van der Waals surface area (Å²) >= 11 is 6.28. The number of carbonyl (C=O) groups is 2. The number of aliphatic carboxylic acids is 1. The van der Waals surface area contributed by atoms with Crippen LogP contribution in [0.1, 0.15) is 11.1 Å². The van der Waals surface area contributed by atoms with Crippen LogP contribution in [0.4, 0.5) is 4.39 Å². The van der Waals surface area contributed by atoms with Crippen LogP contribution in [0.5, 0.6) is 5.75 Å². The molecule has 1 amide bonds. The standard InChI is InChI=1S/C28H20FN3O4S2/c29-23-9-5-4-6-19(23)17-36-22-12-10-18(11-13-22)26-20(15-32(30-26)21-7-2-1-3-8-21)14-24-27(35)31(16-25(33)34)28(37)38-24/h1-15H,16-17H2,(H,33,34)/b24-14-. The third-order valence-electron chi connectivity index (χ3n) is 5.70. The van der Waals surface area contributed by atoms with Gasteiger partial charge in [0, 0.05) is 22.9 Å². The van der Waals surface area contributed by atoms with E-state index in [9.17, 15) is 14.0 Å². The number of thiocarbonyl (C=S) groups is 1. The lowest BCUT2D eigenvalue weighted by Crippen LogP contribution is -2.33. The van der Waals surface area contributed by atoms with Crippen LogP contribution < -0.4 is 4.74 Å². The lowest BCUT2D eigenvalue weighted by molar-refractivity contribution is -0.140. The molecule has 0 spiro atoms. The zero-order chi connectivity index (χ0) is 26.6. The Morgan fingerprint density at radius 1 is 1.05 bits per heavy atom. The monoisotopic (exact) mass is 545 g/mol. The summed E-state index contributed by atoms with van der Waals surface area (Å²) in [6, 6.07) is 23.2. The van der Waals surface area contributed by atoms with E-state index in [2.05, 4.69) is 0 Å². The van der Waals surface area contributed by atoms with E-state index in [4.69, 9.17) is 27.2 Å². The Bertz CT molecular complexity index is 1550. The minimum absolute atomic E-state index is 0.0953. The fraction of sp³-hybridized carbons (Fsp3) is 0.0714. The van der Waals surface area contributed by atoms with Gasteiger partial charge in [-0.25, -0.2) is 9.07 Å². The molecule has 38 heavy (non-hydrogen) atoms. The quantitative estimate of drug-likeness (QED) is 0.230. The molecule has 1 aliphatic heterocycles. The van der Waals surface area contributed by atoms with Gasteiger partial charge in [0.15, 0.2) is 0 Å². The predicted molar refractivity (Wildman–Crippen MR) is 147 cm³/mol. The maximum absolute atomic E-state index is 13.9. The topological polar surface area (TPSA) is 84.7 Å². The Hall–Kier alpha value is -4.28. The minimum Gasteiger partial charge on any atom is -0.489 e. The van der Waals surface area contributed by atoms with E-state index < -0.39 is 18.4 Å². The molecule has 10 heteroatoms. The lowest BCUT2D eigenvalue weighted by atomic mass is 10.1. The van der Waals surface area contributed by atoms with Gasteiger partial charge in [-0.15, -0.1) is 0 Å². The van der Waals surface area contributed by atoms with Gasteiger partial charge in [-0.2, -0.15) is 5.10 Å². The van der Waals surface area contributed by atoms with Gasteiger partial charge >= 0.3 is 5.97 Å². The van der Waals surface area contributed by atoms with E-state index in [1.165, 1.54) is 6.07 Å². The number of amides is 1. The van der Waals surface area contributed by atoms with Crippen molar-refractivity contribution in [3.05, 3.63) is 107 Å². The van der Waals surface area contributed by atoms with Crippen LogP contribution in [0.2, 0.25) is 0 Å². The highest BCUT2D eigenvalue weighted by atomic mass is 32.2. The Morgan fingerprint density at radius 2 is 1.76 bits per heavy atom. The zero-order valence-electron chi connectivity index (χ0n) is 19.8. The molecule has 0 aliphatic carbocycles. The number of nitrogens with zero attached hydrogens (tertiary/aromatic N) is 3. The number of carbonyl (C=O) groups excluding carboxylic acids is 1. The molecule has 1 aromatic heterocycles. The molecule has 0 unspecified atom stereocenters. The molecule has 1 aliphatic rings. The molecule has 7 nitrogen and oxygen atoms in total. The Balaban J connectivity index is 1.46. The molecule has 2 heterocycles. The summed E-state index contributed by atoms with van der Waals surface area (Å²) in [6.07, 6.45) is 3.47. The molecule has 1 fully saturated rings. The summed E-state index contributed by atoms with van der Waals surface area (Å²) in [5.74, 6) is -1.36. The Labute approximate surface area is 227 Å². The van der Waals surface area contributed by atoms with Crippen molar-refractivity contribution in [3.8, 4) is 22.7 Å². The van der Waals surface area contributed by atoms with Gasteiger partial charge in [-0.1, -0.05) is 60.4 Å². The van der Waals surface area contributed by atoms with Crippen molar-refractivity contribution in [2.45, 2.75) is 6.61 Å². The Kier molecular flexibility index (Phi) is 7.34. The van der Waals surface area contributed by atoms with Crippen LogP contribution in [0, 0.1) is 5.82 Å². The van der Waals surface area contributed by atoms with Crippen LogP contribution in [-0.2, 0) is 16.2 Å². The predicted octanol–water partition coefficient (Wildman–Crippen LogP) is 5.54. The Morgan fingerprint density at radius 3 is 2.47 bits per heavy atom. The molecule has 0 saturated carbocycles. The first-order valence-electron chi connectivity index (χ1n) is 11.5. The molecular weight excluding hydrogens is 525 g/mol. The highest BCUT2D eigenvalue weighted by Crippen LogP contribution is 2.35. The van der Waals surface area contributed by atoms with E-state index in [0.29, 0.717) is 27.5 Å².